The molecule has 7 nitrogen and oxygen atoms in total. The van der Waals surface area contributed by atoms with Crippen molar-refractivity contribution in [2.24, 2.45) is 51.8 Å². The standard InChI is InChI=1S/C42H60F3N3O4S/c1-26(47-37(51)42(43,44)45)29-12-18-41(46-20-21-48-22-24-53(52)25-23-48)19-14-32-30(35(29)41)10-11-34-39(32,4)17-15-33-38(2,3)31(13-16-40(33,34)5)27-6-8-28(9-7-27)36(49)50/h6-9,13,26,29-30,32-35,46H,10-12,14-25H2,1-5H3,(H,47,51)(H,49,50). The van der Waals surface area contributed by atoms with Gasteiger partial charge in [0, 0.05) is 60.1 Å². The van der Waals surface area contributed by atoms with E-state index < -0.39 is 34.9 Å². The van der Waals surface area contributed by atoms with Gasteiger partial charge < -0.3 is 20.6 Å². The number of hydrogen-bond donors (Lipinski definition) is 3. The van der Waals surface area contributed by atoms with Crippen molar-refractivity contribution in [1.82, 2.24) is 15.5 Å². The van der Waals surface area contributed by atoms with Crippen LogP contribution in [0.25, 0.3) is 5.57 Å². The second-order valence-corrected chi connectivity index (χ2v) is 20.4. The van der Waals surface area contributed by atoms with Crippen LogP contribution >= 0.6 is 0 Å². The number of amides is 1. The van der Waals surface area contributed by atoms with Crippen LogP contribution in [0.15, 0.2) is 30.3 Å². The molecule has 6 aliphatic rings. The molecule has 10 unspecified atom stereocenters. The molecule has 7 rings (SSSR count). The Morgan fingerprint density at radius 3 is 2.28 bits per heavy atom. The molecule has 11 heteroatoms. The van der Waals surface area contributed by atoms with E-state index in [1.165, 1.54) is 5.57 Å². The summed E-state index contributed by atoms with van der Waals surface area (Å²) in [7, 11) is -0.731. The Morgan fingerprint density at radius 1 is 0.943 bits per heavy atom. The molecule has 3 N–H and O–H groups in total. The molecule has 5 fully saturated rings. The van der Waals surface area contributed by atoms with Crippen molar-refractivity contribution in [3.8, 4) is 0 Å². The first kappa shape index (κ1) is 39.0. The highest BCUT2D eigenvalue weighted by atomic mass is 32.2. The average molecular weight is 760 g/mol. The molecule has 0 aromatic heterocycles. The number of halogens is 3. The highest BCUT2D eigenvalue weighted by Gasteiger charge is 2.67. The number of hydrogen-bond acceptors (Lipinski definition) is 5. The van der Waals surface area contributed by atoms with E-state index in [9.17, 15) is 32.1 Å². The van der Waals surface area contributed by atoms with Crippen LogP contribution in [0, 0.1) is 51.8 Å². The Hall–Kier alpha value is -2.24. The third-order valence-corrected chi connectivity index (χ3v) is 17.4. The third-order valence-electron chi connectivity index (χ3n) is 16.1. The van der Waals surface area contributed by atoms with Gasteiger partial charge in [-0.2, -0.15) is 13.2 Å². The molecule has 0 radical (unpaired) electrons. The fraction of sp³-hybridized carbons (Fsp3) is 0.762. The Bertz CT molecular complexity index is 1620. The molecular weight excluding hydrogens is 700 g/mol. The van der Waals surface area contributed by atoms with Crippen LogP contribution in [0.3, 0.4) is 0 Å². The highest BCUT2D eigenvalue weighted by Crippen LogP contribution is 2.73. The number of aromatic carboxylic acids is 1. The van der Waals surface area contributed by atoms with Crippen LogP contribution in [-0.4, -0.2) is 81.5 Å². The lowest BCUT2D eigenvalue weighted by Gasteiger charge is -2.68. The lowest BCUT2D eigenvalue weighted by Crippen LogP contribution is -2.65. The fourth-order valence-electron chi connectivity index (χ4n) is 13.8. The first-order valence-electron chi connectivity index (χ1n) is 20.2. The summed E-state index contributed by atoms with van der Waals surface area (Å²) < 4.78 is 52.4. The smallest absolute Gasteiger partial charge is 0.471 e. The van der Waals surface area contributed by atoms with Gasteiger partial charge in [0.25, 0.3) is 0 Å². The molecule has 0 spiro atoms. The van der Waals surface area contributed by atoms with E-state index in [4.69, 9.17) is 0 Å². The van der Waals surface area contributed by atoms with Crippen molar-refractivity contribution in [3.05, 3.63) is 41.5 Å². The first-order valence-corrected chi connectivity index (χ1v) is 21.6. The zero-order chi connectivity index (χ0) is 38.1. The number of carbonyl (C=O) groups excluding carboxylic acids is 1. The summed E-state index contributed by atoms with van der Waals surface area (Å²) in [6, 6.07) is 6.78. The molecule has 1 amide bonds. The molecule has 5 aliphatic carbocycles. The summed E-state index contributed by atoms with van der Waals surface area (Å²) in [4.78, 5) is 26.2. The van der Waals surface area contributed by atoms with Crippen molar-refractivity contribution in [3.63, 3.8) is 0 Å². The number of carboxylic acid groups (broad SMARTS) is 1. The van der Waals surface area contributed by atoms with E-state index >= 15 is 0 Å². The molecular formula is C42H60F3N3O4S. The van der Waals surface area contributed by atoms with Gasteiger partial charge in [0.2, 0.25) is 0 Å². The van der Waals surface area contributed by atoms with Gasteiger partial charge in [-0.15, -0.1) is 0 Å². The summed E-state index contributed by atoms with van der Waals surface area (Å²) in [6.45, 7) is 15.0. The SMILES string of the molecule is CC(NC(=O)C(F)(F)F)C1CCC2(NCCN3CCS(=O)CC3)CCC3C(CCC4C3(C)CCC3C(C)(C)C(c5ccc(C(=O)O)cc5)=CCC34C)C12. The molecule has 4 saturated carbocycles. The van der Waals surface area contributed by atoms with Crippen molar-refractivity contribution in [1.29, 1.82) is 0 Å². The highest BCUT2D eigenvalue weighted by molar-refractivity contribution is 7.85. The zero-order valence-corrected chi connectivity index (χ0v) is 33.0. The predicted octanol–water partition coefficient (Wildman–Crippen LogP) is 7.54. The quantitative estimate of drug-likeness (QED) is 0.254. The molecule has 1 heterocycles. The second kappa shape index (κ2) is 14.1. The van der Waals surface area contributed by atoms with Gasteiger partial charge >= 0.3 is 18.1 Å². The maximum atomic E-state index is 13.5. The minimum absolute atomic E-state index is 0.0299. The zero-order valence-electron chi connectivity index (χ0n) is 32.2. The number of benzene rings is 1. The average Bonchev–Trinajstić information content (AvgIpc) is 3.48. The topological polar surface area (TPSA) is 98.7 Å². The minimum Gasteiger partial charge on any atom is -0.478 e. The van der Waals surface area contributed by atoms with Crippen LogP contribution in [0.4, 0.5) is 13.2 Å². The summed E-state index contributed by atoms with van der Waals surface area (Å²) in [5, 5.41) is 15.9. The molecule has 10 atom stereocenters. The van der Waals surface area contributed by atoms with Crippen molar-refractivity contribution < 1.29 is 32.1 Å². The lowest BCUT2D eigenvalue weighted by molar-refractivity contribution is -0.179. The Labute approximate surface area is 316 Å². The van der Waals surface area contributed by atoms with Gasteiger partial charge in [0.05, 0.1) is 5.56 Å². The number of nitrogens with zero attached hydrogens (tertiary/aromatic N) is 1. The third kappa shape index (κ3) is 6.74. The normalized spacial score (nSPS) is 39.1. The molecule has 0 bridgehead atoms. The summed E-state index contributed by atoms with van der Waals surface area (Å²) >= 11 is 0. The van der Waals surface area contributed by atoms with E-state index in [0.29, 0.717) is 40.7 Å². The van der Waals surface area contributed by atoms with E-state index in [-0.39, 0.29) is 33.6 Å². The van der Waals surface area contributed by atoms with Crippen LogP contribution in [0.1, 0.15) is 108 Å². The van der Waals surface area contributed by atoms with Crippen LogP contribution < -0.4 is 10.6 Å². The van der Waals surface area contributed by atoms with Gasteiger partial charge in [-0.25, -0.2) is 4.79 Å². The molecule has 1 aromatic rings. The summed E-state index contributed by atoms with van der Waals surface area (Å²) in [5.74, 6) is 0.669. The van der Waals surface area contributed by atoms with Gasteiger partial charge in [-0.05, 0) is 140 Å². The van der Waals surface area contributed by atoms with E-state index in [1.54, 1.807) is 19.1 Å². The molecule has 1 aliphatic heterocycles. The monoisotopic (exact) mass is 759 g/mol. The number of carbonyl (C=O) groups is 2. The van der Waals surface area contributed by atoms with Gasteiger partial charge in [0.1, 0.15) is 0 Å². The predicted molar refractivity (Wildman–Crippen MR) is 203 cm³/mol. The molecule has 53 heavy (non-hydrogen) atoms. The first-order chi connectivity index (χ1) is 24.9. The van der Waals surface area contributed by atoms with Crippen LogP contribution in [0.2, 0.25) is 0 Å². The lowest BCUT2D eigenvalue weighted by atomic mass is 9.36. The molecule has 294 valence electrons. The summed E-state index contributed by atoms with van der Waals surface area (Å²) in [5.41, 5.74) is 2.67. The maximum absolute atomic E-state index is 13.5. The second-order valence-electron chi connectivity index (χ2n) is 18.7. The van der Waals surface area contributed by atoms with Gasteiger partial charge in [-0.3, -0.25) is 9.00 Å². The minimum atomic E-state index is -4.90. The Balaban J connectivity index is 1.15. The van der Waals surface area contributed by atoms with E-state index in [1.807, 2.05) is 12.1 Å². The largest absolute Gasteiger partial charge is 0.478 e. The number of allylic oxidation sites excluding steroid dienone is 2. The number of alkyl halides is 3. The van der Waals surface area contributed by atoms with Crippen molar-refractivity contribution in [2.45, 2.75) is 110 Å². The Morgan fingerprint density at radius 2 is 1.62 bits per heavy atom. The summed E-state index contributed by atoms with van der Waals surface area (Å²) in [6.07, 6.45) is 6.75. The van der Waals surface area contributed by atoms with Crippen molar-refractivity contribution >= 4 is 28.2 Å². The van der Waals surface area contributed by atoms with Crippen molar-refractivity contribution in [2.75, 3.05) is 37.7 Å². The number of nitrogens with one attached hydrogen (secondary N) is 2. The Kier molecular flexibility index (Phi) is 10.3. The number of carboxylic acids is 1. The number of rotatable bonds is 8. The molecule has 1 saturated heterocycles. The van der Waals surface area contributed by atoms with Crippen LogP contribution in [0.5, 0.6) is 0 Å². The van der Waals surface area contributed by atoms with Crippen LogP contribution in [-0.2, 0) is 15.6 Å². The van der Waals surface area contributed by atoms with E-state index in [0.717, 1.165) is 89.5 Å². The van der Waals surface area contributed by atoms with E-state index in [2.05, 4.69) is 49.3 Å². The van der Waals surface area contributed by atoms with Gasteiger partial charge in [-0.1, -0.05) is 45.9 Å². The number of fused-ring (bicyclic) bond motifs is 7. The maximum Gasteiger partial charge on any atom is 0.471 e. The fourth-order valence-corrected chi connectivity index (χ4v) is 15.0. The molecule has 1 aromatic carbocycles. The van der Waals surface area contributed by atoms with Gasteiger partial charge in [0.15, 0.2) is 0 Å².